The molecule has 0 saturated heterocycles. The van der Waals surface area contributed by atoms with Crippen LogP contribution in [0.4, 0.5) is 22.7 Å². The molecular formula is C51H82N20. The number of hydrogen-bond acceptors (Lipinski definition) is 7. The quantitative estimate of drug-likeness (QED) is 0.0915. The van der Waals surface area contributed by atoms with Gasteiger partial charge in [-0.1, -0.05) is 72.8 Å². The Morgan fingerprint density at radius 1 is 0.437 bits per heavy atom. The van der Waals surface area contributed by atoms with Crippen molar-refractivity contribution in [3.8, 4) is 0 Å². The first-order valence-electron chi connectivity index (χ1n) is 22.6. The van der Waals surface area contributed by atoms with Gasteiger partial charge < -0.3 is 48.7 Å². The summed E-state index contributed by atoms with van der Waals surface area (Å²) in [4.78, 5) is 34.7. The summed E-state index contributed by atoms with van der Waals surface area (Å²) in [5.41, 5.74) is 41.8. The van der Waals surface area contributed by atoms with Crippen LogP contribution in [0, 0.1) is 66.2 Å². The van der Waals surface area contributed by atoms with E-state index >= 15 is 0 Å². The predicted molar refractivity (Wildman–Crippen MR) is 305 cm³/mol. The zero-order valence-electron chi connectivity index (χ0n) is 45.7. The van der Waals surface area contributed by atoms with Crippen LogP contribution in [0.5, 0.6) is 0 Å². The summed E-state index contributed by atoms with van der Waals surface area (Å²) in [6.45, 7) is 16.2. The van der Waals surface area contributed by atoms with Crippen molar-refractivity contribution in [1.82, 2.24) is 24.9 Å². The molecule has 0 aliphatic rings. The molecule has 386 valence electrons. The fraction of sp³-hybridized carbons (Fsp3) is 0.373. The Labute approximate surface area is 423 Å². The summed E-state index contributed by atoms with van der Waals surface area (Å²) >= 11 is 0. The van der Waals surface area contributed by atoms with Gasteiger partial charge in [-0.2, -0.15) is 4.99 Å². The Bertz CT molecular complexity index is 2520. The molecule has 0 aliphatic carbocycles. The predicted octanol–water partition coefficient (Wildman–Crippen LogP) is 5.61. The van der Waals surface area contributed by atoms with Crippen LogP contribution < -0.4 is 43.8 Å². The van der Waals surface area contributed by atoms with Crippen molar-refractivity contribution < 1.29 is 0 Å². The molecule has 0 fully saturated rings. The maximum atomic E-state index is 8.16. The number of rotatable bonds is 4. The molecule has 0 saturated carbocycles. The summed E-state index contributed by atoms with van der Waals surface area (Å²) in [5, 5.41) is 19.0. The van der Waals surface area contributed by atoms with E-state index in [9.17, 15) is 0 Å². The molecule has 13 N–H and O–H groups in total. The van der Waals surface area contributed by atoms with E-state index in [1.54, 1.807) is 76.0 Å². The lowest BCUT2D eigenvalue weighted by Gasteiger charge is -2.29. The van der Waals surface area contributed by atoms with E-state index in [0.717, 1.165) is 67.3 Å². The lowest BCUT2D eigenvalue weighted by molar-refractivity contribution is 0.524. The van der Waals surface area contributed by atoms with Crippen LogP contribution in [0.15, 0.2) is 103 Å². The second-order valence-electron chi connectivity index (χ2n) is 16.7. The highest BCUT2D eigenvalue weighted by atomic mass is 15.4. The van der Waals surface area contributed by atoms with E-state index in [1.165, 1.54) is 0 Å². The number of aliphatic imine (C=N–C) groups is 6. The molecule has 0 atom stereocenters. The Morgan fingerprint density at radius 3 is 1.10 bits per heavy atom. The van der Waals surface area contributed by atoms with Gasteiger partial charge in [-0.25, -0.2) is 9.98 Å². The minimum absolute atomic E-state index is 0.167. The number of nitrogens with zero attached hydrogens (tertiary/aromatic N) is 12. The molecule has 71 heavy (non-hydrogen) atoms. The van der Waals surface area contributed by atoms with Crippen LogP contribution in [0.1, 0.15) is 44.5 Å². The summed E-state index contributed by atoms with van der Waals surface area (Å²) in [6, 6.07) is 24.2. The molecule has 4 aromatic carbocycles. The number of para-hydroxylation sites is 4. The molecular weight excluding hydrogens is 893 g/mol. The van der Waals surface area contributed by atoms with Crippen LogP contribution in [0.3, 0.4) is 0 Å². The largest absolute Gasteiger partial charge is 0.369 e. The SMILES string of the molecule is CN=C(N)N(C)C(=N)N(C)c1c(C)cccc1C.CN=C(N)N=C(N)N(C)c1c(C)cccc1C.CN=C(NC)N(C)C(N)=Nc1c(C)cccc1C.Cc1cccc(C)c1N=C(N)N(C)C(=N)N(C)C. The van der Waals surface area contributed by atoms with Crippen molar-refractivity contribution in [2.45, 2.75) is 55.4 Å². The molecule has 0 bridgehead atoms. The van der Waals surface area contributed by atoms with E-state index in [1.807, 2.05) is 159 Å². The second kappa shape index (κ2) is 29.0. The van der Waals surface area contributed by atoms with Crippen LogP contribution in [0.25, 0.3) is 0 Å². The van der Waals surface area contributed by atoms with Gasteiger partial charge in [-0.05, 0) is 99.9 Å². The van der Waals surface area contributed by atoms with Gasteiger partial charge in [-0.3, -0.25) is 40.5 Å². The molecule has 4 rings (SSSR count). The molecule has 20 heteroatoms. The minimum Gasteiger partial charge on any atom is -0.369 e. The van der Waals surface area contributed by atoms with E-state index < -0.39 is 0 Å². The average Bonchev–Trinajstić information content (AvgIpc) is 3.33. The molecule has 0 radical (unpaired) electrons. The normalized spacial score (nSPS) is 11.9. The van der Waals surface area contributed by atoms with Gasteiger partial charge in [-0.15, -0.1) is 0 Å². The highest BCUT2D eigenvalue weighted by Crippen LogP contribution is 2.26. The van der Waals surface area contributed by atoms with Crippen LogP contribution >= 0.6 is 0 Å². The average molecular weight is 975 g/mol. The number of nitrogens with two attached hydrogens (primary N) is 5. The van der Waals surface area contributed by atoms with Crippen LogP contribution in [0.2, 0.25) is 0 Å². The second-order valence-corrected chi connectivity index (χ2v) is 16.7. The molecule has 4 aromatic rings. The Hall–Kier alpha value is -8.16. The van der Waals surface area contributed by atoms with Gasteiger partial charge in [0.25, 0.3) is 0 Å². The number of nitrogens with one attached hydrogen (secondary N) is 3. The third kappa shape index (κ3) is 17.7. The van der Waals surface area contributed by atoms with Crippen LogP contribution in [-0.2, 0) is 0 Å². The fourth-order valence-electron chi connectivity index (χ4n) is 6.91. The van der Waals surface area contributed by atoms with Crippen molar-refractivity contribution in [2.75, 3.05) is 87.3 Å². The number of anilines is 2. The first-order chi connectivity index (χ1) is 33.2. The molecule has 0 aromatic heterocycles. The topological polar surface area (TPSA) is 283 Å². The zero-order chi connectivity index (χ0) is 54.4. The Morgan fingerprint density at radius 2 is 0.775 bits per heavy atom. The first kappa shape index (κ1) is 60.9. The van der Waals surface area contributed by atoms with Gasteiger partial charge >= 0.3 is 0 Å². The smallest absolute Gasteiger partial charge is 0.218 e. The number of aryl methyl sites for hydroxylation is 8. The lowest BCUT2D eigenvalue weighted by Crippen LogP contribution is -2.46. The number of hydrogen-bond donors (Lipinski definition) is 8. The molecule has 0 amide bonds. The van der Waals surface area contributed by atoms with Crippen molar-refractivity contribution in [1.29, 1.82) is 10.8 Å². The summed E-state index contributed by atoms with van der Waals surface area (Å²) in [6.07, 6.45) is 0. The maximum Gasteiger partial charge on any atom is 0.218 e. The third-order valence-corrected chi connectivity index (χ3v) is 11.1. The van der Waals surface area contributed by atoms with Gasteiger partial charge in [0.1, 0.15) is 0 Å². The van der Waals surface area contributed by atoms with Gasteiger partial charge in [0.15, 0.2) is 17.9 Å². The van der Waals surface area contributed by atoms with Crippen LogP contribution in [-0.4, -0.2) is 145 Å². The number of benzene rings is 4. The zero-order valence-corrected chi connectivity index (χ0v) is 45.7. The molecule has 0 spiro atoms. The van der Waals surface area contributed by atoms with Crippen molar-refractivity contribution in [3.63, 3.8) is 0 Å². The van der Waals surface area contributed by atoms with Crippen molar-refractivity contribution in [3.05, 3.63) is 117 Å². The standard InChI is InChI=1S/3C13H21N5.C12H19N5/c1-9-7-6-8-10(2)11(9)16-12(14)18(5)13(15)17(3)4;1-9-7-6-8-10(2)11(9)17(4)13(15)18(5)12(14)16-3;1-9-7-6-8-10(2)11(9)17-12(14)18(5)13(15-3)16-4;1-8-6-5-7-9(2)10(8)17(4)12(14)16-11(13)15-3/h2*6-8,15H,1-5H3,(H2,14,16);6-8H,1-5H3,(H2,14,17)(H,15,16);5-7H,1-4H3,(H4,13,14,15,16). The Kier molecular flexibility index (Phi) is 24.9. The van der Waals surface area contributed by atoms with E-state index in [-0.39, 0.29) is 11.9 Å². The molecule has 0 heterocycles. The van der Waals surface area contributed by atoms with E-state index in [0.29, 0.717) is 35.8 Å². The van der Waals surface area contributed by atoms with Crippen molar-refractivity contribution in [2.24, 2.45) is 58.6 Å². The van der Waals surface area contributed by atoms with Gasteiger partial charge in [0, 0.05) is 88.9 Å². The summed E-state index contributed by atoms with van der Waals surface area (Å²) in [7, 11) is 19.3. The fourth-order valence-corrected chi connectivity index (χ4v) is 6.91. The monoisotopic (exact) mass is 975 g/mol. The highest BCUT2D eigenvalue weighted by molar-refractivity contribution is 6.05. The lowest BCUT2D eigenvalue weighted by atomic mass is 10.1. The van der Waals surface area contributed by atoms with E-state index in [2.05, 4.69) is 35.3 Å². The van der Waals surface area contributed by atoms with Gasteiger partial charge in [0.05, 0.1) is 11.4 Å². The Balaban J connectivity index is 0.000000473. The summed E-state index contributed by atoms with van der Waals surface area (Å²) < 4.78 is 0. The third-order valence-electron chi connectivity index (χ3n) is 11.1. The number of guanidine groups is 8. The highest BCUT2D eigenvalue weighted by Gasteiger charge is 2.18. The van der Waals surface area contributed by atoms with Crippen molar-refractivity contribution >= 4 is 70.4 Å². The molecule has 0 aliphatic heterocycles. The summed E-state index contributed by atoms with van der Waals surface area (Å²) in [5.74, 6) is 2.78. The molecule has 0 unspecified atom stereocenters. The minimum atomic E-state index is 0.167. The molecule has 20 nitrogen and oxygen atoms in total. The van der Waals surface area contributed by atoms with E-state index in [4.69, 9.17) is 39.5 Å². The first-order valence-corrected chi connectivity index (χ1v) is 22.6. The maximum absolute atomic E-state index is 8.16. The van der Waals surface area contributed by atoms with Gasteiger partial charge in [0.2, 0.25) is 29.8 Å².